The van der Waals surface area contributed by atoms with E-state index in [0.29, 0.717) is 0 Å². The fourth-order valence-electron chi connectivity index (χ4n) is 1.46. The van der Waals surface area contributed by atoms with Crippen LogP contribution < -0.4 is 11.1 Å². The zero-order valence-electron chi connectivity index (χ0n) is 10.4. The summed E-state index contributed by atoms with van der Waals surface area (Å²) in [5, 5.41) is 3.31. The van der Waals surface area contributed by atoms with Crippen molar-refractivity contribution in [2.24, 2.45) is 5.73 Å². The molecule has 1 aromatic carbocycles. The Balaban J connectivity index is 2.31. The van der Waals surface area contributed by atoms with Gasteiger partial charge in [0.2, 0.25) is 0 Å². The topological polar surface area (TPSA) is 63.8 Å². The first kappa shape index (κ1) is 11.8. The number of fused-ring (bicyclic) bond motifs is 1. The Morgan fingerprint density at radius 3 is 2.53 bits per heavy atom. The first-order valence-electron chi connectivity index (χ1n) is 5.74. The third-order valence-electron chi connectivity index (χ3n) is 3.04. The van der Waals surface area contributed by atoms with Crippen LogP contribution in [0.3, 0.4) is 0 Å². The molecule has 0 radical (unpaired) electrons. The van der Waals surface area contributed by atoms with Gasteiger partial charge in [-0.3, -0.25) is 4.98 Å². The summed E-state index contributed by atoms with van der Waals surface area (Å²) in [6.07, 6.45) is 1.74. The maximum Gasteiger partial charge on any atom is 0.145 e. The summed E-state index contributed by atoms with van der Waals surface area (Å²) in [6.45, 7) is 6.07. The average molecular weight is 230 g/mol. The molecule has 90 valence electrons. The van der Waals surface area contributed by atoms with Gasteiger partial charge in [-0.15, -0.1) is 0 Å². The van der Waals surface area contributed by atoms with Crippen LogP contribution in [0.2, 0.25) is 0 Å². The number of nitrogens with zero attached hydrogens (tertiary/aromatic N) is 2. The van der Waals surface area contributed by atoms with Gasteiger partial charge in [0.15, 0.2) is 0 Å². The second kappa shape index (κ2) is 4.30. The first-order valence-corrected chi connectivity index (χ1v) is 5.74. The molecule has 0 saturated carbocycles. The van der Waals surface area contributed by atoms with Crippen LogP contribution in [0, 0.1) is 0 Å². The van der Waals surface area contributed by atoms with Crippen LogP contribution in [0.15, 0.2) is 30.5 Å². The van der Waals surface area contributed by atoms with E-state index in [9.17, 15) is 0 Å². The minimum absolute atomic E-state index is 0.0239. The summed E-state index contributed by atoms with van der Waals surface area (Å²) in [5.74, 6) is 0.756. The molecular weight excluding hydrogens is 212 g/mol. The quantitative estimate of drug-likeness (QED) is 0.848. The summed E-state index contributed by atoms with van der Waals surface area (Å²) < 4.78 is 0. The predicted octanol–water partition coefficient (Wildman–Crippen LogP) is 2.17. The predicted molar refractivity (Wildman–Crippen MR) is 70.9 cm³/mol. The van der Waals surface area contributed by atoms with Gasteiger partial charge in [-0.25, -0.2) is 4.98 Å². The number of nitrogens with two attached hydrogens (primary N) is 1. The summed E-state index contributed by atoms with van der Waals surface area (Å²) in [7, 11) is 0. The van der Waals surface area contributed by atoms with E-state index in [1.54, 1.807) is 6.20 Å². The van der Waals surface area contributed by atoms with Crippen molar-refractivity contribution in [3.63, 3.8) is 0 Å². The fraction of sp³-hybridized carbons (Fsp3) is 0.385. The molecule has 2 rings (SSSR count). The van der Waals surface area contributed by atoms with Crippen LogP contribution in [0.5, 0.6) is 0 Å². The molecule has 0 aliphatic rings. The Kier molecular flexibility index (Phi) is 2.98. The Morgan fingerprint density at radius 1 is 1.24 bits per heavy atom. The molecule has 0 bridgehead atoms. The summed E-state index contributed by atoms with van der Waals surface area (Å²) in [4.78, 5) is 8.87. The highest BCUT2D eigenvalue weighted by molar-refractivity contribution is 5.75. The number of anilines is 1. The van der Waals surface area contributed by atoms with E-state index >= 15 is 0 Å². The molecule has 0 aliphatic carbocycles. The van der Waals surface area contributed by atoms with E-state index in [1.807, 2.05) is 31.2 Å². The Hall–Kier alpha value is -1.68. The van der Waals surface area contributed by atoms with E-state index < -0.39 is 0 Å². The molecule has 0 spiro atoms. The molecule has 0 saturated heterocycles. The van der Waals surface area contributed by atoms with Crippen molar-refractivity contribution in [1.29, 1.82) is 0 Å². The Labute approximate surface area is 101 Å². The Morgan fingerprint density at radius 2 is 1.88 bits per heavy atom. The van der Waals surface area contributed by atoms with Gasteiger partial charge >= 0.3 is 0 Å². The summed E-state index contributed by atoms with van der Waals surface area (Å²) in [5.41, 5.74) is 7.50. The van der Waals surface area contributed by atoms with Gasteiger partial charge in [0, 0.05) is 11.6 Å². The normalized spacial score (nSPS) is 13.6. The van der Waals surface area contributed by atoms with Crippen LogP contribution in [0.4, 0.5) is 5.82 Å². The summed E-state index contributed by atoms with van der Waals surface area (Å²) in [6, 6.07) is 7.83. The van der Waals surface area contributed by atoms with Gasteiger partial charge < -0.3 is 11.1 Å². The van der Waals surface area contributed by atoms with Crippen LogP contribution in [-0.2, 0) is 0 Å². The van der Waals surface area contributed by atoms with E-state index in [1.165, 1.54) is 0 Å². The standard InChI is InChI=1S/C13H18N4/c1-9(14)13(2,3)17-12-8-15-10-6-4-5-7-11(10)16-12/h4-9H,14H2,1-3H3,(H,16,17). The first-order chi connectivity index (χ1) is 7.99. The molecule has 3 N–H and O–H groups in total. The molecule has 2 aromatic rings. The maximum atomic E-state index is 5.92. The molecule has 4 heteroatoms. The highest BCUT2D eigenvalue weighted by atomic mass is 15.1. The van der Waals surface area contributed by atoms with Crippen molar-refractivity contribution in [2.45, 2.75) is 32.4 Å². The number of hydrogen-bond donors (Lipinski definition) is 2. The lowest BCUT2D eigenvalue weighted by atomic mass is 9.97. The largest absolute Gasteiger partial charge is 0.362 e. The minimum atomic E-state index is -0.211. The van der Waals surface area contributed by atoms with Gasteiger partial charge in [0.05, 0.1) is 17.2 Å². The molecule has 0 fully saturated rings. The van der Waals surface area contributed by atoms with Crippen LogP contribution in [0.1, 0.15) is 20.8 Å². The van der Waals surface area contributed by atoms with Crippen molar-refractivity contribution < 1.29 is 0 Å². The van der Waals surface area contributed by atoms with Gasteiger partial charge in [-0.05, 0) is 32.9 Å². The van der Waals surface area contributed by atoms with Gasteiger partial charge in [-0.1, -0.05) is 12.1 Å². The van der Waals surface area contributed by atoms with E-state index in [4.69, 9.17) is 5.73 Å². The molecular formula is C13H18N4. The fourth-order valence-corrected chi connectivity index (χ4v) is 1.46. The third-order valence-corrected chi connectivity index (χ3v) is 3.04. The highest BCUT2D eigenvalue weighted by Gasteiger charge is 2.22. The molecule has 1 heterocycles. The monoisotopic (exact) mass is 230 g/mol. The van der Waals surface area contributed by atoms with Crippen LogP contribution in [0.25, 0.3) is 11.0 Å². The van der Waals surface area contributed by atoms with Gasteiger partial charge in [0.1, 0.15) is 5.82 Å². The minimum Gasteiger partial charge on any atom is -0.362 e. The highest BCUT2D eigenvalue weighted by Crippen LogP contribution is 2.17. The molecule has 1 atom stereocenters. The van der Waals surface area contributed by atoms with Crippen molar-refractivity contribution in [3.8, 4) is 0 Å². The number of hydrogen-bond acceptors (Lipinski definition) is 4. The third kappa shape index (κ3) is 2.53. The molecule has 4 nitrogen and oxygen atoms in total. The molecule has 0 amide bonds. The van der Waals surface area contributed by atoms with E-state index in [2.05, 4.69) is 29.1 Å². The second-order valence-electron chi connectivity index (χ2n) is 4.88. The lowest BCUT2D eigenvalue weighted by Crippen LogP contribution is -2.47. The molecule has 0 aliphatic heterocycles. The van der Waals surface area contributed by atoms with Crippen molar-refractivity contribution in [2.75, 3.05) is 5.32 Å². The number of aromatic nitrogens is 2. The number of rotatable bonds is 3. The van der Waals surface area contributed by atoms with Crippen LogP contribution in [-0.4, -0.2) is 21.5 Å². The zero-order valence-corrected chi connectivity index (χ0v) is 10.4. The maximum absolute atomic E-state index is 5.92. The second-order valence-corrected chi connectivity index (χ2v) is 4.88. The number of benzene rings is 1. The summed E-state index contributed by atoms with van der Waals surface area (Å²) >= 11 is 0. The smallest absolute Gasteiger partial charge is 0.145 e. The molecule has 1 unspecified atom stereocenters. The number of nitrogens with one attached hydrogen (secondary N) is 1. The lowest BCUT2D eigenvalue weighted by molar-refractivity contribution is 0.469. The number of para-hydroxylation sites is 2. The Bertz CT molecular complexity index is 520. The SMILES string of the molecule is CC(N)C(C)(C)Nc1cnc2ccccc2n1. The lowest BCUT2D eigenvalue weighted by Gasteiger charge is -2.30. The van der Waals surface area contributed by atoms with Crippen molar-refractivity contribution in [3.05, 3.63) is 30.5 Å². The van der Waals surface area contributed by atoms with Gasteiger partial charge in [-0.2, -0.15) is 0 Å². The molecule has 1 aromatic heterocycles. The van der Waals surface area contributed by atoms with E-state index in [-0.39, 0.29) is 11.6 Å². The molecule has 17 heavy (non-hydrogen) atoms. The van der Waals surface area contributed by atoms with Crippen LogP contribution >= 0.6 is 0 Å². The average Bonchev–Trinajstić information content (AvgIpc) is 2.28. The zero-order chi connectivity index (χ0) is 12.5. The van der Waals surface area contributed by atoms with Gasteiger partial charge in [0.25, 0.3) is 0 Å². The van der Waals surface area contributed by atoms with Crippen molar-refractivity contribution >= 4 is 16.9 Å². The van der Waals surface area contributed by atoms with E-state index in [0.717, 1.165) is 16.9 Å². The van der Waals surface area contributed by atoms with Crippen molar-refractivity contribution in [1.82, 2.24) is 9.97 Å².